The summed E-state index contributed by atoms with van der Waals surface area (Å²) in [6, 6.07) is 24.8. The van der Waals surface area contributed by atoms with E-state index in [0.717, 1.165) is 21.6 Å². The topological polar surface area (TPSA) is 86.7 Å². The molecule has 0 saturated carbocycles. The first-order chi connectivity index (χ1) is 16.5. The number of rotatable bonds is 10. The summed E-state index contributed by atoms with van der Waals surface area (Å²) >= 11 is 0. The van der Waals surface area contributed by atoms with Gasteiger partial charge in [0.15, 0.2) is 0 Å². The molecule has 1 atom stereocenters. The summed E-state index contributed by atoms with van der Waals surface area (Å²) in [5.41, 5.74) is 3.32. The second-order valence-electron chi connectivity index (χ2n) is 8.12. The van der Waals surface area contributed by atoms with Crippen LogP contribution in [0.4, 0.5) is 4.79 Å². The first-order valence-corrected chi connectivity index (χ1v) is 11.5. The van der Waals surface area contributed by atoms with Gasteiger partial charge in [0, 0.05) is 12.1 Å². The van der Waals surface area contributed by atoms with Crippen molar-refractivity contribution >= 4 is 17.9 Å². The Morgan fingerprint density at radius 3 is 2.18 bits per heavy atom. The van der Waals surface area contributed by atoms with Crippen LogP contribution in [0.25, 0.3) is 11.1 Å². The molecular weight excluding hydrogens is 428 g/mol. The zero-order chi connectivity index (χ0) is 24.3. The molecule has 0 saturated heterocycles. The summed E-state index contributed by atoms with van der Waals surface area (Å²) in [7, 11) is 0. The molecule has 3 rings (SSSR count). The maximum Gasteiger partial charge on any atom is 0.326 e. The third-order valence-corrected chi connectivity index (χ3v) is 5.55. The number of nitrogens with one attached hydrogen (secondary N) is 1. The van der Waals surface area contributed by atoms with Crippen molar-refractivity contribution in [1.29, 1.82) is 0 Å². The Bertz CT molecular complexity index is 1100. The normalized spacial score (nSPS) is 11.4. The van der Waals surface area contributed by atoms with Crippen LogP contribution in [-0.4, -0.2) is 40.5 Å². The minimum absolute atomic E-state index is 0.191. The number of benzene rings is 3. The Morgan fingerprint density at radius 1 is 0.882 bits per heavy atom. The summed E-state index contributed by atoms with van der Waals surface area (Å²) < 4.78 is 0. The molecule has 0 aliphatic carbocycles. The second-order valence-corrected chi connectivity index (χ2v) is 8.12. The molecule has 2 N–H and O–H groups in total. The average molecular weight is 459 g/mol. The number of hydrogen-bond donors (Lipinski definition) is 2. The molecule has 6 nitrogen and oxygen atoms in total. The van der Waals surface area contributed by atoms with Gasteiger partial charge in [-0.3, -0.25) is 9.69 Å². The fourth-order valence-electron chi connectivity index (χ4n) is 3.78. The number of amides is 3. The van der Waals surface area contributed by atoms with Gasteiger partial charge in [-0.2, -0.15) is 0 Å². The molecule has 3 aromatic carbocycles. The lowest BCUT2D eigenvalue weighted by Gasteiger charge is -2.23. The van der Waals surface area contributed by atoms with Crippen LogP contribution < -0.4 is 5.32 Å². The van der Waals surface area contributed by atoms with E-state index >= 15 is 0 Å². The lowest BCUT2D eigenvalue weighted by atomic mass is 10.0. The number of urea groups is 1. The van der Waals surface area contributed by atoms with E-state index < -0.39 is 23.9 Å². The van der Waals surface area contributed by atoms with Crippen LogP contribution in [0.3, 0.4) is 0 Å². The minimum atomic E-state index is -1.11. The van der Waals surface area contributed by atoms with Crippen LogP contribution in [0, 0.1) is 0 Å². The monoisotopic (exact) mass is 458 g/mol. The highest BCUT2D eigenvalue weighted by molar-refractivity contribution is 6.05. The van der Waals surface area contributed by atoms with Crippen molar-refractivity contribution in [2.45, 2.75) is 38.6 Å². The van der Waals surface area contributed by atoms with Gasteiger partial charge >= 0.3 is 12.0 Å². The van der Waals surface area contributed by atoms with Crippen molar-refractivity contribution in [2.75, 3.05) is 6.54 Å². The van der Waals surface area contributed by atoms with Crippen molar-refractivity contribution in [2.24, 2.45) is 0 Å². The van der Waals surface area contributed by atoms with Gasteiger partial charge in [-0.25, -0.2) is 9.59 Å². The molecule has 0 bridgehead atoms. The Morgan fingerprint density at radius 2 is 1.53 bits per heavy atom. The maximum absolute atomic E-state index is 13.2. The van der Waals surface area contributed by atoms with Crippen LogP contribution in [0.5, 0.6) is 0 Å². The van der Waals surface area contributed by atoms with E-state index in [1.807, 2.05) is 73.7 Å². The first kappa shape index (κ1) is 24.7. The highest BCUT2D eigenvalue weighted by atomic mass is 16.4. The maximum atomic E-state index is 13.2. The number of imide groups is 1. The van der Waals surface area contributed by atoms with Gasteiger partial charge < -0.3 is 10.4 Å². The Labute approximate surface area is 200 Å². The Kier molecular flexibility index (Phi) is 8.97. The lowest BCUT2D eigenvalue weighted by Crippen LogP contribution is -2.50. The van der Waals surface area contributed by atoms with E-state index in [2.05, 4.69) is 5.32 Å². The van der Waals surface area contributed by atoms with Gasteiger partial charge in [0.05, 0.1) is 0 Å². The fraction of sp³-hybridized carbons (Fsp3) is 0.250. The number of carbonyl (C=O) groups is 3. The van der Waals surface area contributed by atoms with Gasteiger partial charge in [0.1, 0.15) is 6.04 Å². The summed E-state index contributed by atoms with van der Waals surface area (Å²) in [6.45, 7) is 2.05. The lowest BCUT2D eigenvalue weighted by molar-refractivity contribution is -0.139. The van der Waals surface area contributed by atoms with Gasteiger partial charge in [-0.05, 0) is 54.5 Å². The molecule has 0 aromatic heterocycles. The van der Waals surface area contributed by atoms with Crippen LogP contribution >= 0.6 is 0 Å². The largest absolute Gasteiger partial charge is 0.480 e. The quantitative estimate of drug-likeness (QED) is 0.426. The van der Waals surface area contributed by atoms with Crippen molar-refractivity contribution < 1.29 is 19.5 Å². The van der Waals surface area contributed by atoms with Crippen molar-refractivity contribution in [1.82, 2.24) is 10.2 Å². The van der Waals surface area contributed by atoms with Crippen LogP contribution in [0.2, 0.25) is 0 Å². The zero-order valence-corrected chi connectivity index (χ0v) is 19.3. The number of nitrogens with zero attached hydrogens (tertiary/aromatic N) is 1. The van der Waals surface area contributed by atoms with E-state index in [-0.39, 0.29) is 13.0 Å². The van der Waals surface area contributed by atoms with Crippen LogP contribution in [0.1, 0.15) is 42.1 Å². The molecule has 0 heterocycles. The number of carboxylic acid groups (broad SMARTS) is 1. The van der Waals surface area contributed by atoms with Crippen LogP contribution in [0.15, 0.2) is 84.9 Å². The molecular formula is C28H30N2O4. The number of aliphatic carboxylic acids is 1. The van der Waals surface area contributed by atoms with Gasteiger partial charge in [-0.1, -0.05) is 79.7 Å². The number of aryl methyl sites for hydroxylation is 1. The summed E-state index contributed by atoms with van der Waals surface area (Å²) in [5.74, 6) is -1.57. The zero-order valence-electron chi connectivity index (χ0n) is 19.3. The Balaban J connectivity index is 1.69. The predicted octanol–water partition coefficient (Wildman–Crippen LogP) is 5.39. The van der Waals surface area contributed by atoms with E-state index in [0.29, 0.717) is 24.8 Å². The molecule has 3 amide bonds. The molecule has 0 unspecified atom stereocenters. The van der Waals surface area contributed by atoms with Gasteiger partial charge in [0.2, 0.25) is 0 Å². The van der Waals surface area contributed by atoms with Crippen LogP contribution in [-0.2, 0) is 11.2 Å². The third-order valence-electron chi connectivity index (χ3n) is 5.55. The summed E-state index contributed by atoms with van der Waals surface area (Å²) in [4.78, 5) is 39.1. The molecule has 0 aliphatic rings. The highest BCUT2D eigenvalue weighted by Gasteiger charge is 2.27. The van der Waals surface area contributed by atoms with Gasteiger partial charge in [0.25, 0.3) is 5.91 Å². The molecule has 0 aliphatic heterocycles. The molecule has 0 fully saturated rings. The van der Waals surface area contributed by atoms with Crippen molar-refractivity contribution in [3.05, 3.63) is 96.1 Å². The molecule has 3 aromatic rings. The number of hydrogen-bond acceptors (Lipinski definition) is 3. The molecule has 176 valence electrons. The predicted molar refractivity (Wildman–Crippen MR) is 133 cm³/mol. The Hall–Kier alpha value is -3.93. The SMILES string of the molecule is CCCN(C(=O)N[C@@H](CCCc1ccccc1)C(=O)O)C(=O)c1cccc(-c2ccccc2)c1. The molecule has 0 spiro atoms. The minimum Gasteiger partial charge on any atom is -0.480 e. The summed E-state index contributed by atoms with van der Waals surface area (Å²) in [5, 5.41) is 12.2. The van der Waals surface area contributed by atoms with Crippen molar-refractivity contribution in [3.63, 3.8) is 0 Å². The smallest absolute Gasteiger partial charge is 0.326 e. The van der Waals surface area contributed by atoms with E-state index in [9.17, 15) is 19.5 Å². The summed E-state index contributed by atoms with van der Waals surface area (Å²) in [6.07, 6.45) is 2.14. The number of carboxylic acids is 1. The highest BCUT2D eigenvalue weighted by Crippen LogP contribution is 2.21. The van der Waals surface area contributed by atoms with Gasteiger partial charge in [-0.15, -0.1) is 0 Å². The molecule has 6 heteroatoms. The van der Waals surface area contributed by atoms with E-state index in [1.165, 1.54) is 0 Å². The van der Waals surface area contributed by atoms with Crippen molar-refractivity contribution in [3.8, 4) is 11.1 Å². The molecule has 0 radical (unpaired) electrons. The third kappa shape index (κ3) is 6.78. The second kappa shape index (κ2) is 12.3. The van der Waals surface area contributed by atoms with E-state index in [1.54, 1.807) is 18.2 Å². The standard InChI is InChI=1S/C28H30N2O4/c1-2-19-30(26(31)24-17-10-16-23(20-24)22-14-7-4-8-15-22)28(34)29-25(27(32)33)18-9-13-21-11-5-3-6-12-21/h3-8,10-12,14-17,20,25H,2,9,13,18-19H2,1H3,(H,29,34)(H,32,33)/t25-/m0/s1. The first-order valence-electron chi connectivity index (χ1n) is 11.5. The molecule has 34 heavy (non-hydrogen) atoms. The number of carbonyl (C=O) groups excluding carboxylic acids is 2. The van der Waals surface area contributed by atoms with E-state index in [4.69, 9.17) is 0 Å². The average Bonchev–Trinajstić information content (AvgIpc) is 2.87. The fourth-order valence-corrected chi connectivity index (χ4v) is 3.78.